The van der Waals surface area contributed by atoms with E-state index in [-0.39, 0.29) is 18.7 Å². The van der Waals surface area contributed by atoms with Crippen LogP contribution in [0.5, 0.6) is 5.75 Å². The maximum atomic E-state index is 14.0. The molecule has 9 heteroatoms. The van der Waals surface area contributed by atoms with Crippen molar-refractivity contribution in [2.75, 3.05) is 13.1 Å². The summed E-state index contributed by atoms with van der Waals surface area (Å²) < 4.78 is 74.7. The number of likely N-dealkylation sites (tertiary alicyclic amines) is 1. The molecule has 1 aliphatic rings. The van der Waals surface area contributed by atoms with E-state index in [9.17, 15) is 26.7 Å². The van der Waals surface area contributed by atoms with Gasteiger partial charge in [0.1, 0.15) is 5.60 Å². The highest BCUT2D eigenvalue weighted by Gasteiger charge is 2.30. The number of hydrogen-bond donors (Lipinski definition) is 0. The van der Waals surface area contributed by atoms with Gasteiger partial charge >= 0.3 is 18.2 Å². The van der Waals surface area contributed by atoms with E-state index >= 15 is 0 Å². The molecular formula is C18H20F5NO3. The summed E-state index contributed by atoms with van der Waals surface area (Å²) >= 11 is 0. The second-order valence-corrected chi connectivity index (χ2v) is 7.16. The van der Waals surface area contributed by atoms with Gasteiger partial charge in [-0.2, -0.15) is 17.6 Å². The molecule has 0 atom stereocenters. The van der Waals surface area contributed by atoms with Crippen LogP contribution in [0.25, 0.3) is 0 Å². The number of halogens is 5. The summed E-state index contributed by atoms with van der Waals surface area (Å²) in [7, 11) is 0. The molecule has 0 spiro atoms. The Morgan fingerprint density at radius 1 is 1.11 bits per heavy atom. The van der Waals surface area contributed by atoms with Crippen molar-refractivity contribution in [1.29, 1.82) is 0 Å². The fourth-order valence-corrected chi connectivity index (χ4v) is 2.80. The van der Waals surface area contributed by atoms with Gasteiger partial charge in [-0.15, -0.1) is 0 Å². The normalized spacial score (nSPS) is 15.5. The van der Waals surface area contributed by atoms with Crippen molar-refractivity contribution >= 4 is 6.09 Å². The van der Waals surface area contributed by atoms with Crippen LogP contribution in [0.3, 0.4) is 0 Å². The Kier molecular flexibility index (Phi) is 6.33. The molecule has 1 saturated heterocycles. The largest absolute Gasteiger partial charge is 0.444 e. The molecule has 0 aromatic heterocycles. The molecule has 1 fully saturated rings. The van der Waals surface area contributed by atoms with Crippen molar-refractivity contribution in [2.24, 2.45) is 0 Å². The quantitative estimate of drug-likeness (QED) is 0.503. The lowest BCUT2D eigenvalue weighted by atomic mass is 9.88. The van der Waals surface area contributed by atoms with Gasteiger partial charge in [0.25, 0.3) is 0 Å². The third-order valence-corrected chi connectivity index (χ3v) is 4.01. The number of benzene rings is 1. The monoisotopic (exact) mass is 393 g/mol. The molecule has 0 radical (unpaired) electrons. The summed E-state index contributed by atoms with van der Waals surface area (Å²) in [6.07, 6.45) is -2.63. The highest BCUT2D eigenvalue weighted by atomic mass is 19.3. The van der Waals surface area contributed by atoms with Crippen molar-refractivity contribution in [2.45, 2.75) is 45.1 Å². The van der Waals surface area contributed by atoms with Gasteiger partial charge in [-0.3, -0.25) is 0 Å². The third kappa shape index (κ3) is 5.33. The Labute approximate surface area is 153 Å². The lowest BCUT2D eigenvalue weighted by Crippen LogP contribution is -2.41. The molecule has 0 saturated carbocycles. The SMILES string of the molecule is CC(C)(C)OC(=O)N1CCC(c2ccc(F)c(F)c2OC(F)=C(F)F)CC1. The van der Waals surface area contributed by atoms with Gasteiger partial charge < -0.3 is 14.4 Å². The minimum atomic E-state index is -2.77. The Morgan fingerprint density at radius 2 is 1.70 bits per heavy atom. The van der Waals surface area contributed by atoms with E-state index in [1.807, 2.05) is 0 Å². The average molecular weight is 393 g/mol. The maximum Gasteiger partial charge on any atom is 0.410 e. The summed E-state index contributed by atoms with van der Waals surface area (Å²) in [5.41, 5.74) is -0.593. The summed E-state index contributed by atoms with van der Waals surface area (Å²) in [5.74, 6) is -4.22. The molecule has 1 aromatic carbocycles. The fraction of sp³-hybridized carbons (Fsp3) is 0.500. The first kappa shape index (κ1) is 21.0. The van der Waals surface area contributed by atoms with Gasteiger partial charge in [-0.25, -0.2) is 9.18 Å². The van der Waals surface area contributed by atoms with E-state index in [1.165, 1.54) is 11.0 Å². The Balaban J connectivity index is 2.17. The summed E-state index contributed by atoms with van der Waals surface area (Å²) in [4.78, 5) is 13.5. The molecule has 1 aromatic rings. The number of rotatable bonds is 3. The van der Waals surface area contributed by atoms with Crippen LogP contribution in [0.1, 0.15) is 45.1 Å². The molecule has 0 N–H and O–H groups in total. The molecule has 150 valence electrons. The summed E-state index contributed by atoms with van der Waals surface area (Å²) in [6.45, 7) is 5.71. The lowest BCUT2D eigenvalue weighted by Gasteiger charge is -2.34. The van der Waals surface area contributed by atoms with Crippen LogP contribution in [-0.2, 0) is 4.74 Å². The first-order valence-electron chi connectivity index (χ1n) is 8.34. The number of hydrogen-bond acceptors (Lipinski definition) is 3. The highest BCUT2D eigenvalue weighted by Crippen LogP contribution is 2.38. The molecule has 1 heterocycles. The predicted octanol–water partition coefficient (Wildman–Crippen LogP) is 5.49. The van der Waals surface area contributed by atoms with Crippen molar-refractivity contribution in [1.82, 2.24) is 4.90 Å². The fourth-order valence-electron chi connectivity index (χ4n) is 2.80. The van der Waals surface area contributed by atoms with Crippen LogP contribution in [0.4, 0.5) is 26.7 Å². The molecule has 1 amide bonds. The topological polar surface area (TPSA) is 38.8 Å². The minimum absolute atomic E-state index is 0.0640. The first-order valence-corrected chi connectivity index (χ1v) is 8.34. The third-order valence-electron chi connectivity index (χ3n) is 4.01. The minimum Gasteiger partial charge on any atom is -0.444 e. The standard InChI is InChI=1S/C18H20F5NO3/c1-18(2,3)27-17(25)24-8-6-10(7-9-24)11-4-5-12(19)13(20)14(11)26-16(23)15(21)22/h4-5,10H,6-9H2,1-3H3. The summed E-state index contributed by atoms with van der Waals surface area (Å²) in [5, 5.41) is 0. The van der Waals surface area contributed by atoms with E-state index in [4.69, 9.17) is 4.74 Å². The number of ether oxygens (including phenoxy) is 2. The molecule has 1 aliphatic heterocycles. The number of piperidine rings is 1. The van der Waals surface area contributed by atoms with Gasteiger partial charge in [0.05, 0.1) is 0 Å². The van der Waals surface area contributed by atoms with Crippen LogP contribution >= 0.6 is 0 Å². The van der Waals surface area contributed by atoms with E-state index in [0.717, 1.165) is 6.07 Å². The van der Waals surface area contributed by atoms with Crippen LogP contribution in [0.2, 0.25) is 0 Å². The molecule has 0 unspecified atom stereocenters. The van der Waals surface area contributed by atoms with E-state index in [0.29, 0.717) is 12.8 Å². The molecule has 4 nitrogen and oxygen atoms in total. The number of amides is 1. The van der Waals surface area contributed by atoms with Gasteiger partial charge in [-0.05, 0) is 45.6 Å². The Bertz CT molecular complexity index is 733. The Hall–Kier alpha value is -2.32. The average Bonchev–Trinajstić information content (AvgIpc) is 2.57. The van der Waals surface area contributed by atoms with Crippen LogP contribution in [0.15, 0.2) is 24.2 Å². The zero-order valence-corrected chi connectivity index (χ0v) is 15.1. The lowest BCUT2D eigenvalue weighted by molar-refractivity contribution is 0.0204. The second kappa shape index (κ2) is 8.14. The first-order chi connectivity index (χ1) is 12.5. The van der Waals surface area contributed by atoms with E-state index in [1.54, 1.807) is 20.8 Å². The van der Waals surface area contributed by atoms with Gasteiger partial charge in [-0.1, -0.05) is 6.07 Å². The van der Waals surface area contributed by atoms with E-state index < -0.39 is 47.1 Å². The van der Waals surface area contributed by atoms with Gasteiger partial charge in [0, 0.05) is 18.7 Å². The van der Waals surface area contributed by atoms with Crippen molar-refractivity contribution in [3.05, 3.63) is 41.4 Å². The summed E-state index contributed by atoms with van der Waals surface area (Å²) in [6, 6.07) is -0.289. The van der Waals surface area contributed by atoms with Crippen molar-refractivity contribution in [3.8, 4) is 5.75 Å². The predicted molar refractivity (Wildman–Crippen MR) is 87.1 cm³/mol. The molecule has 27 heavy (non-hydrogen) atoms. The Morgan fingerprint density at radius 3 is 2.22 bits per heavy atom. The van der Waals surface area contributed by atoms with E-state index in [2.05, 4.69) is 4.74 Å². The van der Waals surface area contributed by atoms with Crippen molar-refractivity contribution < 1.29 is 36.2 Å². The number of nitrogens with zero attached hydrogens (tertiary/aromatic N) is 1. The zero-order valence-electron chi connectivity index (χ0n) is 15.1. The van der Waals surface area contributed by atoms with Crippen molar-refractivity contribution in [3.63, 3.8) is 0 Å². The highest BCUT2D eigenvalue weighted by molar-refractivity contribution is 5.68. The maximum absolute atomic E-state index is 14.0. The van der Waals surface area contributed by atoms with Gasteiger partial charge in [0.15, 0.2) is 11.6 Å². The van der Waals surface area contributed by atoms with Crippen LogP contribution < -0.4 is 4.74 Å². The molecule has 0 bridgehead atoms. The molecule has 0 aliphatic carbocycles. The molecule has 2 rings (SSSR count). The van der Waals surface area contributed by atoms with Crippen LogP contribution in [-0.4, -0.2) is 29.7 Å². The second-order valence-electron chi connectivity index (χ2n) is 7.16. The zero-order chi connectivity index (χ0) is 20.4. The van der Waals surface area contributed by atoms with Crippen LogP contribution in [0, 0.1) is 11.6 Å². The van der Waals surface area contributed by atoms with Gasteiger partial charge in [0.2, 0.25) is 5.82 Å². The number of carbonyl (C=O) groups is 1. The molecular weight excluding hydrogens is 373 g/mol. The smallest absolute Gasteiger partial charge is 0.410 e. The number of carbonyl (C=O) groups excluding carboxylic acids is 1.